The molecule has 0 unspecified atom stereocenters. The Kier molecular flexibility index (Phi) is 4.95. The van der Waals surface area contributed by atoms with Crippen LogP contribution in [0, 0.1) is 6.92 Å². The van der Waals surface area contributed by atoms with Crippen LogP contribution >= 0.6 is 0 Å². The molecule has 2 aromatic rings. The largest absolute Gasteiger partial charge is 0.508 e. The van der Waals surface area contributed by atoms with Crippen molar-refractivity contribution < 1.29 is 9.90 Å². The lowest BCUT2D eigenvalue weighted by Gasteiger charge is -1.89. The fourth-order valence-electron chi connectivity index (χ4n) is 1.22. The molecule has 0 atom stereocenters. The lowest BCUT2D eigenvalue weighted by Crippen LogP contribution is -1.88. The minimum atomic E-state index is 0.121. The summed E-state index contributed by atoms with van der Waals surface area (Å²) in [6.07, 6.45) is 0. The zero-order chi connectivity index (χ0) is 12.7. The van der Waals surface area contributed by atoms with Gasteiger partial charge in [0.2, 0.25) is 0 Å². The molecule has 2 nitrogen and oxygen atoms in total. The summed E-state index contributed by atoms with van der Waals surface area (Å²) in [6.45, 7) is 3.55. The van der Waals surface area contributed by atoms with Gasteiger partial charge in [-0.25, -0.2) is 0 Å². The first kappa shape index (κ1) is 13.0. The van der Waals surface area contributed by atoms with Crippen LogP contribution in [-0.4, -0.2) is 10.9 Å². The van der Waals surface area contributed by atoms with Gasteiger partial charge in [0.05, 0.1) is 0 Å². The van der Waals surface area contributed by atoms with Crippen molar-refractivity contribution in [2.45, 2.75) is 13.8 Å². The standard InChI is InChI=1S/C8H8O.C7H8O/c1-7(9)8-5-3-2-4-6-8;1-6-2-4-7(8)5-3-6/h2-6H,1H3;2-5,8H,1H3. The second kappa shape index (κ2) is 6.48. The maximum absolute atomic E-state index is 10.6. The summed E-state index contributed by atoms with van der Waals surface area (Å²) in [5.74, 6) is 0.450. The SMILES string of the molecule is CC(=O)c1ccccc1.Cc1ccc(O)cc1. The second-order valence-electron chi connectivity index (χ2n) is 3.76. The number of aromatic hydroxyl groups is 1. The Balaban J connectivity index is 0.000000171. The predicted molar refractivity (Wildman–Crippen MR) is 69.3 cm³/mol. The number of phenols is 1. The van der Waals surface area contributed by atoms with Gasteiger partial charge in [0.15, 0.2) is 5.78 Å². The van der Waals surface area contributed by atoms with E-state index in [4.69, 9.17) is 5.11 Å². The van der Waals surface area contributed by atoms with Gasteiger partial charge in [-0.05, 0) is 26.0 Å². The van der Waals surface area contributed by atoms with Crippen molar-refractivity contribution >= 4 is 5.78 Å². The summed E-state index contributed by atoms with van der Waals surface area (Å²) in [5, 5.41) is 8.76. The van der Waals surface area contributed by atoms with E-state index in [-0.39, 0.29) is 5.78 Å². The van der Waals surface area contributed by atoms with Crippen LogP contribution in [0.15, 0.2) is 54.6 Å². The summed E-state index contributed by atoms with van der Waals surface area (Å²) in [4.78, 5) is 10.6. The molecule has 0 aliphatic rings. The van der Waals surface area contributed by atoms with Gasteiger partial charge < -0.3 is 5.11 Å². The van der Waals surface area contributed by atoms with Crippen molar-refractivity contribution in [1.29, 1.82) is 0 Å². The number of benzene rings is 2. The molecule has 0 bridgehead atoms. The van der Waals surface area contributed by atoms with Crippen molar-refractivity contribution in [2.24, 2.45) is 0 Å². The zero-order valence-corrected chi connectivity index (χ0v) is 10.1. The van der Waals surface area contributed by atoms with Crippen LogP contribution in [-0.2, 0) is 0 Å². The Morgan fingerprint density at radius 2 is 1.47 bits per heavy atom. The van der Waals surface area contributed by atoms with Gasteiger partial charge in [-0.15, -0.1) is 0 Å². The van der Waals surface area contributed by atoms with Crippen molar-refractivity contribution in [3.63, 3.8) is 0 Å². The molecule has 0 amide bonds. The third kappa shape index (κ3) is 4.98. The number of ketones is 1. The van der Waals surface area contributed by atoms with Crippen LogP contribution in [0.4, 0.5) is 0 Å². The number of carbonyl (C=O) groups is 1. The lowest BCUT2D eigenvalue weighted by atomic mass is 10.2. The minimum absolute atomic E-state index is 0.121. The van der Waals surface area contributed by atoms with E-state index in [0.29, 0.717) is 5.75 Å². The van der Waals surface area contributed by atoms with Gasteiger partial charge in [-0.1, -0.05) is 48.0 Å². The molecule has 88 valence electrons. The smallest absolute Gasteiger partial charge is 0.159 e. The molecule has 0 aromatic heterocycles. The van der Waals surface area contributed by atoms with E-state index < -0.39 is 0 Å². The van der Waals surface area contributed by atoms with Crippen molar-refractivity contribution in [3.8, 4) is 5.75 Å². The molecular weight excluding hydrogens is 212 g/mol. The Bertz CT molecular complexity index is 437. The Hall–Kier alpha value is -2.09. The Morgan fingerprint density at radius 3 is 1.82 bits per heavy atom. The number of aryl methyl sites for hydroxylation is 1. The predicted octanol–water partition coefficient (Wildman–Crippen LogP) is 3.59. The minimum Gasteiger partial charge on any atom is -0.508 e. The Labute approximate surface area is 102 Å². The van der Waals surface area contributed by atoms with Gasteiger partial charge >= 0.3 is 0 Å². The van der Waals surface area contributed by atoms with E-state index in [1.54, 1.807) is 19.1 Å². The highest BCUT2D eigenvalue weighted by atomic mass is 16.3. The van der Waals surface area contributed by atoms with E-state index >= 15 is 0 Å². The van der Waals surface area contributed by atoms with Crippen LogP contribution in [0.2, 0.25) is 0 Å². The summed E-state index contributed by atoms with van der Waals surface area (Å²) in [5.41, 5.74) is 1.94. The van der Waals surface area contributed by atoms with E-state index in [1.807, 2.05) is 49.4 Å². The molecule has 0 aliphatic heterocycles. The van der Waals surface area contributed by atoms with Gasteiger partial charge in [-0.3, -0.25) is 4.79 Å². The van der Waals surface area contributed by atoms with Gasteiger partial charge in [0.1, 0.15) is 5.75 Å². The molecule has 0 saturated heterocycles. The van der Waals surface area contributed by atoms with Crippen LogP contribution < -0.4 is 0 Å². The van der Waals surface area contributed by atoms with E-state index in [1.165, 1.54) is 5.56 Å². The summed E-state index contributed by atoms with van der Waals surface area (Å²) < 4.78 is 0. The van der Waals surface area contributed by atoms with Crippen LogP contribution in [0.3, 0.4) is 0 Å². The normalized spacial score (nSPS) is 9.06. The topological polar surface area (TPSA) is 37.3 Å². The van der Waals surface area contributed by atoms with Crippen LogP contribution in [0.5, 0.6) is 5.75 Å². The molecular formula is C15H16O2. The Morgan fingerprint density at radius 1 is 0.941 bits per heavy atom. The number of phenolic OH excluding ortho intramolecular Hbond substituents is 1. The fourth-order valence-corrected chi connectivity index (χ4v) is 1.22. The molecule has 17 heavy (non-hydrogen) atoms. The molecule has 0 aliphatic carbocycles. The molecule has 0 heterocycles. The van der Waals surface area contributed by atoms with Crippen LogP contribution in [0.25, 0.3) is 0 Å². The van der Waals surface area contributed by atoms with Gasteiger partial charge in [0.25, 0.3) is 0 Å². The fraction of sp³-hybridized carbons (Fsp3) is 0.133. The molecule has 0 spiro atoms. The quantitative estimate of drug-likeness (QED) is 0.757. The van der Waals surface area contributed by atoms with Gasteiger partial charge in [0, 0.05) is 5.56 Å². The number of hydrogen-bond acceptors (Lipinski definition) is 2. The summed E-state index contributed by atoms with van der Waals surface area (Å²) in [7, 11) is 0. The first-order valence-corrected chi connectivity index (χ1v) is 5.41. The van der Waals surface area contributed by atoms with Crippen LogP contribution in [0.1, 0.15) is 22.8 Å². The summed E-state index contributed by atoms with van der Waals surface area (Å²) in [6, 6.07) is 16.3. The van der Waals surface area contributed by atoms with E-state index in [0.717, 1.165) is 5.56 Å². The molecule has 0 saturated carbocycles. The van der Waals surface area contributed by atoms with Gasteiger partial charge in [-0.2, -0.15) is 0 Å². The maximum Gasteiger partial charge on any atom is 0.159 e. The highest BCUT2D eigenvalue weighted by Crippen LogP contribution is 2.07. The van der Waals surface area contributed by atoms with Crippen molar-refractivity contribution in [3.05, 3.63) is 65.7 Å². The van der Waals surface area contributed by atoms with Crippen molar-refractivity contribution in [2.75, 3.05) is 0 Å². The highest BCUT2D eigenvalue weighted by molar-refractivity contribution is 5.93. The first-order valence-electron chi connectivity index (χ1n) is 5.41. The number of hydrogen-bond donors (Lipinski definition) is 1. The average Bonchev–Trinajstić information content (AvgIpc) is 2.35. The molecule has 2 heteroatoms. The maximum atomic E-state index is 10.6. The lowest BCUT2D eigenvalue weighted by molar-refractivity contribution is 0.101. The molecule has 0 radical (unpaired) electrons. The molecule has 0 fully saturated rings. The molecule has 2 aromatic carbocycles. The first-order chi connectivity index (χ1) is 8.09. The van der Waals surface area contributed by atoms with Crippen molar-refractivity contribution in [1.82, 2.24) is 0 Å². The third-order valence-corrected chi connectivity index (χ3v) is 2.21. The number of carbonyl (C=O) groups excluding carboxylic acids is 1. The second-order valence-corrected chi connectivity index (χ2v) is 3.76. The zero-order valence-electron chi connectivity index (χ0n) is 10.1. The van der Waals surface area contributed by atoms with E-state index in [2.05, 4.69) is 0 Å². The molecule has 1 N–H and O–H groups in total. The monoisotopic (exact) mass is 228 g/mol. The highest BCUT2D eigenvalue weighted by Gasteiger charge is 1.92. The van der Waals surface area contributed by atoms with E-state index in [9.17, 15) is 4.79 Å². The summed E-state index contributed by atoms with van der Waals surface area (Å²) >= 11 is 0. The molecule has 2 rings (SSSR count). The average molecular weight is 228 g/mol. The third-order valence-electron chi connectivity index (χ3n) is 2.21. The number of Topliss-reactive ketones (excluding diaryl/α,β-unsaturated/α-hetero) is 1. The number of rotatable bonds is 1.